The van der Waals surface area contributed by atoms with E-state index in [1.807, 2.05) is 18.2 Å². The molecule has 0 saturated heterocycles. The molecule has 1 N–H and O–H groups in total. The molecule has 1 aromatic carbocycles. The van der Waals surface area contributed by atoms with Gasteiger partial charge in [0.1, 0.15) is 0 Å². The first-order chi connectivity index (χ1) is 9.38. The van der Waals surface area contributed by atoms with Crippen LogP contribution in [0.2, 0.25) is 0 Å². The van der Waals surface area contributed by atoms with E-state index in [-0.39, 0.29) is 0 Å². The molecule has 0 aliphatic heterocycles. The fourth-order valence-corrected chi connectivity index (χ4v) is 1.91. The van der Waals surface area contributed by atoms with Crippen molar-refractivity contribution >= 4 is 0 Å². The lowest BCUT2D eigenvalue weighted by atomic mass is 10.1. The number of hydrogen-bond donors (Lipinski definition) is 1. The van der Waals surface area contributed by atoms with E-state index in [9.17, 15) is 0 Å². The molecule has 0 saturated carbocycles. The number of aromatic nitrogens is 2. The summed E-state index contributed by atoms with van der Waals surface area (Å²) in [6.07, 6.45) is 4.42. The Labute approximate surface area is 114 Å². The molecule has 0 fully saturated rings. The summed E-state index contributed by atoms with van der Waals surface area (Å²) in [4.78, 5) is 4.38. The highest BCUT2D eigenvalue weighted by atomic mass is 16.5. The molecule has 1 heterocycles. The van der Waals surface area contributed by atoms with Crippen LogP contribution < -0.4 is 5.32 Å². The third kappa shape index (κ3) is 4.83. The van der Waals surface area contributed by atoms with Crippen LogP contribution in [0.25, 0.3) is 0 Å². The molecule has 102 valence electrons. The van der Waals surface area contributed by atoms with Crippen molar-refractivity contribution in [3.05, 3.63) is 47.6 Å². The molecule has 0 bridgehead atoms. The SMILES string of the molecule is CCCCCNCc1nc(Cc2ccccc2)no1. The van der Waals surface area contributed by atoms with Crippen molar-refractivity contribution in [1.29, 1.82) is 0 Å². The Morgan fingerprint density at radius 3 is 2.79 bits per heavy atom. The van der Waals surface area contributed by atoms with Gasteiger partial charge in [0.05, 0.1) is 6.54 Å². The Bertz CT molecular complexity index is 467. The van der Waals surface area contributed by atoms with Gasteiger partial charge in [-0.05, 0) is 18.5 Å². The van der Waals surface area contributed by atoms with Crippen molar-refractivity contribution in [2.24, 2.45) is 0 Å². The zero-order valence-corrected chi connectivity index (χ0v) is 11.4. The Balaban J connectivity index is 1.76. The first-order valence-electron chi connectivity index (χ1n) is 6.94. The molecular formula is C15H21N3O. The van der Waals surface area contributed by atoms with Crippen molar-refractivity contribution in [2.75, 3.05) is 6.54 Å². The van der Waals surface area contributed by atoms with Gasteiger partial charge in [-0.25, -0.2) is 0 Å². The average molecular weight is 259 g/mol. The number of hydrogen-bond acceptors (Lipinski definition) is 4. The van der Waals surface area contributed by atoms with Gasteiger partial charge in [-0.3, -0.25) is 0 Å². The van der Waals surface area contributed by atoms with Gasteiger partial charge in [0.25, 0.3) is 0 Å². The number of nitrogens with one attached hydrogen (secondary N) is 1. The molecule has 0 aliphatic rings. The third-order valence-corrected chi connectivity index (χ3v) is 2.95. The fourth-order valence-electron chi connectivity index (χ4n) is 1.91. The lowest BCUT2D eigenvalue weighted by Gasteiger charge is -1.99. The van der Waals surface area contributed by atoms with E-state index in [1.54, 1.807) is 0 Å². The molecule has 4 nitrogen and oxygen atoms in total. The topological polar surface area (TPSA) is 51.0 Å². The van der Waals surface area contributed by atoms with E-state index in [0.29, 0.717) is 12.4 Å². The van der Waals surface area contributed by atoms with E-state index in [4.69, 9.17) is 4.52 Å². The normalized spacial score (nSPS) is 10.8. The molecule has 2 rings (SSSR count). The molecule has 0 radical (unpaired) electrons. The first-order valence-corrected chi connectivity index (χ1v) is 6.94. The maximum absolute atomic E-state index is 5.22. The van der Waals surface area contributed by atoms with Crippen LogP contribution in [0.1, 0.15) is 43.5 Å². The van der Waals surface area contributed by atoms with Gasteiger partial charge in [0.2, 0.25) is 5.89 Å². The molecule has 1 aromatic heterocycles. The second kappa shape index (κ2) is 7.69. The third-order valence-electron chi connectivity index (χ3n) is 2.95. The largest absolute Gasteiger partial charge is 0.338 e. The van der Waals surface area contributed by atoms with E-state index < -0.39 is 0 Å². The average Bonchev–Trinajstić information content (AvgIpc) is 2.87. The summed E-state index contributed by atoms with van der Waals surface area (Å²) in [5.41, 5.74) is 1.20. The summed E-state index contributed by atoms with van der Waals surface area (Å²) < 4.78 is 5.22. The highest BCUT2D eigenvalue weighted by molar-refractivity contribution is 5.18. The van der Waals surface area contributed by atoms with Crippen molar-refractivity contribution in [3.8, 4) is 0 Å². The maximum atomic E-state index is 5.22. The zero-order valence-electron chi connectivity index (χ0n) is 11.4. The molecular weight excluding hydrogens is 238 g/mol. The summed E-state index contributed by atoms with van der Waals surface area (Å²) in [6.45, 7) is 3.86. The van der Waals surface area contributed by atoms with Gasteiger partial charge in [-0.15, -0.1) is 0 Å². The summed E-state index contributed by atoms with van der Waals surface area (Å²) in [5, 5.41) is 7.32. The Hall–Kier alpha value is -1.68. The lowest BCUT2D eigenvalue weighted by molar-refractivity contribution is 0.363. The molecule has 4 heteroatoms. The van der Waals surface area contributed by atoms with Gasteiger partial charge >= 0.3 is 0 Å². The van der Waals surface area contributed by atoms with Crippen LogP contribution >= 0.6 is 0 Å². The van der Waals surface area contributed by atoms with Gasteiger partial charge < -0.3 is 9.84 Å². The second-order valence-corrected chi connectivity index (χ2v) is 4.65. The molecule has 0 atom stereocenters. The van der Waals surface area contributed by atoms with Crippen LogP contribution in [0, 0.1) is 0 Å². The number of benzene rings is 1. The highest BCUT2D eigenvalue weighted by Gasteiger charge is 2.06. The summed E-state index contributed by atoms with van der Waals surface area (Å²) in [6, 6.07) is 10.2. The van der Waals surface area contributed by atoms with Gasteiger partial charge in [-0.2, -0.15) is 4.98 Å². The van der Waals surface area contributed by atoms with Gasteiger partial charge in [0.15, 0.2) is 5.82 Å². The van der Waals surface area contributed by atoms with Crippen LogP contribution in [-0.4, -0.2) is 16.7 Å². The standard InChI is InChI=1S/C15H21N3O/c1-2-3-7-10-16-12-15-17-14(18-19-15)11-13-8-5-4-6-9-13/h4-6,8-9,16H,2-3,7,10-12H2,1H3. The number of unbranched alkanes of at least 4 members (excludes halogenated alkanes) is 2. The minimum atomic E-state index is 0.658. The maximum Gasteiger partial charge on any atom is 0.240 e. The van der Waals surface area contributed by atoms with Crippen LogP contribution in [0.3, 0.4) is 0 Å². The quantitative estimate of drug-likeness (QED) is 0.740. The van der Waals surface area contributed by atoms with Crippen LogP contribution in [0.4, 0.5) is 0 Å². The smallest absolute Gasteiger partial charge is 0.240 e. The molecule has 0 aliphatic carbocycles. The van der Waals surface area contributed by atoms with E-state index in [2.05, 4.69) is 34.5 Å². The first kappa shape index (κ1) is 13.7. The summed E-state index contributed by atoms with van der Waals surface area (Å²) in [7, 11) is 0. The minimum absolute atomic E-state index is 0.658. The molecule has 19 heavy (non-hydrogen) atoms. The van der Waals surface area contributed by atoms with E-state index in [1.165, 1.54) is 24.8 Å². The lowest BCUT2D eigenvalue weighted by Crippen LogP contribution is -2.14. The van der Waals surface area contributed by atoms with Crippen LogP contribution in [0.15, 0.2) is 34.9 Å². The predicted octanol–water partition coefficient (Wildman–Crippen LogP) is 2.94. The minimum Gasteiger partial charge on any atom is -0.338 e. The Morgan fingerprint density at radius 2 is 2.00 bits per heavy atom. The Morgan fingerprint density at radius 1 is 1.16 bits per heavy atom. The van der Waals surface area contributed by atoms with Gasteiger partial charge in [-0.1, -0.05) is 55.3 Å². The molecule has 0 unspecified atom stereocenters. The Kier molecular flexibility index (Phi) is 5.56. The van der Waals surface area contributed by atoms with Crippen LogP contribution in [-0.2, 0) is 13.0 Å². The zero-order chi connectivity index (χ0) is 13.3. The molecule has 0 spiro atoms. The van der Waals surface area contributed by atoms with Crippen molar-refractivity contribution in [3.63, 3.8) is 0 Å². The van der Waals surface area contributed by atoms with E-state index >= 15 is 0 Å². The van der Waals surface area contributed by atoms with Crippen LogP contribution in [0.5, 0.6) is 0 Å². The van der Waals surface area contributed by atoms with Crippen molar-refractivity contribution < 1.29 is 4.52 Å². The van der Waals surface area contributed by atoms with Crippen molar-refractivity contribution in [2.45, 2.75) is 39.2 Å². The fraction of sp³-hybridized carbons (Fsp3) is 0.467. The predicted molar refractivity (Wildman–Crippen MR) is 74.8 cm³/mol. The second-order valence-electron chi connectivity index (χ2n) is 4.65. The number of nitrogens with zero attached hydrogens (tertiary/aromatic N) is 2. The van der Waals surface area contributed by atoms with E-state index in [0.717, 1.165) is 18.8 Å². The highest BCUT2D eigenvalue weighted by Crippen LogP contribution is 2.06. The molecule has 2 aromatic rings. The number of rotatable bonds is 8. The van der Waals surface area contributed by atoms with Gasteiger partial charge in [0, 0.05) is 6.42 Å². The van der Waals surface area contributed by atoms with Crippen molar-refractivity contribution in [1.82, 2.24) is 15.5 Å². The molecule has 0 amide bonds. The monoisotopic (exact) mass is 259 g/mol. The summed E-state index contributed by atoms with van der Waals surface area (Å²) >= 11 is 0. The summed E-state index contributed by atoms with van der Waals surface area (Å²) in [5.74, 6) is 1.42.